The van der Waals surface area contributed by atoms with Crippen molar-refractivity contribution in [1.29, 1.82) is 15.8 Å². The summed E-state index contributed by atoms with van der Waals surface area (Å²) in [6.45, 7) is 3.57. The molecule has 0 saturated carbocycles. The van der Waals surface area contributed by atoms with E-state index in [1.165, 1.54) is 0 Å². The zero-order valence-corrected chi connectivity index (χ0v) is 10.8. The molecular formula is C15H14N4. The van der Waals surface area contributed by atoms with Crippen molar-refractivity contribution < 1.29 is 0 Å². The molecule has 0 heterocycles. The van der Waals surface area contributed by atoms with Gasteiger partial charge in [0.05, 0.1) is 12.5 Å². The van der Waals surface area contributed by atoms with Crippen LogP contribution in [0.5, 0.6) is 0 Å². The Morgan fingerprint density at radius 3 is 2.26 bits per heavy atom. The Bertz CT molecular complexity index is 548. The first-order chi connectivity index (χ1) is 9.24. The zero-order chi connectivity index (χ0) is 14.1. The highest BCUT2D eigenvalue weighted by molar-refractivity contribution is 5.63. The summed E-state index contributed by atoms with van der Waals surface area (Å²) in [4.78, 5) is 2.10. The lowest BCUT2D eigenvalue weighted by molar-refractivity contribution is 0.827. The molecule has 94 valence electrons. The molecule has 0 atom stereocenters. The molecule has 0 fully saturated rings. The number of nitrogens with zero attached hydrogens (tertiary/aromatic N) is 4. The minimum absolute atomic E-state index is 0.0876. The molecule has 0 spiro atoms. The van der Waals surface area contributed by atoms with Crippen LogP contribution in [-0.4, -0.2) is 13.1 Å². The third-order valence-corrected chi connectivity index (χ3v) is 2.69. The molecule has 0 amide bonds. The number of anilines is 1. The SMILES string of the molecule is CCN(CCC#N)c1ccc(C=C(C#N)C#N)cc1. The molecule has 0 aromatic heterocycles. The highest BCUT2D eigenvalue weighted by atomic mass is 15.1. The van der Waals surface area contributed by atoms with Crippen LogP contribution in [0.3, 0.4) is 0 Å². The van der Waals surface area contributed by atoms with Crippen LogP contribution in [0.4, 0.5) is 5.69 Å². The van der Waals surface area contributed by atoms with E-state index in [1.54, 1.807) is 6.08 Å². The molecule has 0 saturated heterocycles. The second kappa shape index (κ2) is 7.54. The minimum Gasteiger partial charge on any atom is -0.371 e. The van der Waals surface area contributed by atoms with Crippen LogP contribution in [0.25, 0.3) is 6.08 Å². The Morgan fingerprint density at radius 2 is 1.79 bits per heavy atom. The molecule has 0 unspecified atom stereocenters. The molecule has 0 aliphatic heterocycles. The maximum atomic E-state index is 8.69. The maximum Gasteiger partial charge on any atom is 0.130 e. The number of allylic oxidation sites excluding steroid dienone is 1. The molecule has 0 radical (unpaired) electrons. The Balaban J connectivity index is 2.88. The first-order valence-electron chi connectivity index (χ1n) is 5.99. The first kappa shape index (κ1) is 14.3. The van der Waals surface area contributed by atoms with Gasteiger partial charge in [0.15, 0.2) is 0 Å². The van der Waals surface area contributed by atoms with Crippen LogP contribution in [0, 0.1) is 34.0 Å². The highest BCUT2D eigenvalue weighted by Crippen LogP contribution is 2.17. The Hall–Kier alpha value is -2.77. The van der Waals surface area contributed by atoms with Gasteiger partial charge in [0.1, 0.15) is 17.7 Å². The lowest BCUT2D eigenvalue weighted by atomic mass is 10.1. The summed E-state index contributed by atoms with van der Waals surface area (Å²) in [5, 5.41) is 26.0. The summed E-state index contributed by atoms with van der Waals surface area (Å²) in [5.41, 5.74) is 1.94. The summed E-state index contributed by atoms with van der Waals surface area (Å²) < 4.78 is 0. The van der Waals surface area contributed by atoms with E-state index in [9.17, 15) is 0 Å². The van der Waals surface area contributed by atoms with Gasteiger partial charge in [-0.15, -0.1) is 0 Å². The predicted molar refractivity (Wildman–Crippen MR) is 73.8 cm³/mol. The normalized spacial score (nSPS) is 8.74. The summed E-state index contributed by atoms with van der Waals surface area (Å²) in [5.74, 6) is 0. The van der Waals surface area contributed by atoms with E-state index in [0.29, 0.717) is 13.0 Å². The number of nitriles is 3. The van der Waals surface area contributed by atoms with Gasteiger partial charge in [-0.25, -0.2) is 0 Å². The van der Waals surface area contributed by atoms with Gasteiger partial charge in [0.2, 0.25) is 0 Å². The van der Waals surface area contributed by atoms with E-state index in [2.05, 4.69) is 11.0 Å². The Morgan fingerprint density at radius 1 is 1.16 bits per heavy atom. The fourth-order valence-corrected chi connectivity index (χ4v) is 1.69. The standard InChI is InChI=1S/C15H14N4/c1-2-19(9-3-8-16)15-6-4-13(5-7-15)10-14(11-17)12-18/h4-7,10H,2-3,9H2,1H3. The zero-order valence-electron chi connectivity index (χ0n) is 10.8. The van der Waals surface area contributed by atoms with Gasteiger partial charge < -0.3 is 4.90 Å². The minimum atomic E-state index is 0.0876. The number of hydrogen-bond acceptors (Lipinski definition) is 4. The molecule has 19 heavy (non-hydrogen) atoms. The highest BCUT2D eigenvalue weighted by Gasteiger charge is 2.03. The number of hydrogen-bond donors (Lipinski definition) is 0. The first-order valence-corrected chi connectivity index (χ1v) is 5.99. The van der Waals surface area contributed by atoms with E-state index in [-0.39, 0.29) is 5.57 Å². The average molecular weight is 250 g/mol. The molecule has 0 aliphatic carbocycles. The third kappa shape index (κ3) is 4.19. The summed E-state index contributed by atoms with van der Waals surface area (Å²) in [6, 6.07) is 13.4. The Kier molecular flexibility index (Phi) is 5.67. The number of benzene rings is 1. The summed E-state index contributed by atoms with van der Waals surface area (Å²) in [6.07, 6.45) is 2.04. The smallest absolute Gasteiger partial charge is 0.130 e. The van der Waals surface area contributed by atoms with Gasteiger partial charge >= 0.3 is 0 Å². The molecule has 1 rings (SSSR count). The molecular weight excluding hydrogens is 236 g/mol. The fraction of sp³-hybridized carbons (Fsp3) is 0.267. The van der Waals surface area contributed by atoms with E-state index in [0.717, 1.165) is 17.8 Å². The quantitative estimate of drug-likeness (QED) is 0.753. The largest absolute Gasteiger partial charge is 0.371 e. The maximum absolute atomic E-state index is 8.69. The van der Waals surface area contributed by atoms with Gasteiger partial charge in [0, 0.05) is 18.8 Å². The van der Waals surface area contributed by atoms with Crippen molar-refractivity contribution in [2.24, 2.45) is 0 Å². The molecule has 0 bridgehead atoms. The Labute approximate surface area is 113 Å². The monoisotopic (exact) mass is 250 g/mol. The van der Waals surface area contributed by atoms with E-state index >= 15 is 0 Å². The van der Waals surface area contributed by atoms with E-state index in [4.69, 9.17) is 15.8 Å². The lowest BCUT2D eigenvalue weighted by Gasteiger charge is -2.21. The van der Waals surface area contributed by atoms with Crippen molar-refractivity contribution >= 4 is 11.8 Å². The van der Waals surface area contributed by atoms with Crippen molar-refractivity contribution in [2.45, 2.75) is 13.3 Å². The topological polar surface area (TPSA) is 74.6 Å². The molecule has 0 aliphatic rings. The molecule has 4 nitrogen and oxygen atoms in total. The molecule has 1 aromatic carbocycles. The average Bonchev–Trinajstić information content (AvgIpc) is 2.47. The number of rotatable bonds is 5. The summed E-state index contributed by atoms with van der Waals surface area (Å²) >= 11 is 0. The van der Waals surface area contributed by atoms with Gasteiger partial charge in [-0.05, 0) is 30.7 Å². The molecule has 1 aromatic rings. The van der Waals surface area contributed by atoms with Crippen molar-refractivity contribution in [3.63, 3.8) is 0 Å². The third-order valence-electron chi connectivity index (χ3n) is 2.69. The van der Waals surface area contributed by atoms with Crippen molar-refractivity contribution in [2.75, 3.05) is 18.0 Å². The molecule has 0 N–H and O–H groups in total. The van der Waals surface area contributed by atoms with Gasteiger partial charge in [-0.2, -0.15) is 15.8 Å². The molecule has 4 heteroatoms. The van der Waals surface area contributed by atoms with Gasteiger partial charge in [0.25, 0.3) is 0 Å². The van der Waals surface area contributed by atoms with Crippen LogP contribution in [0.15, 0.2) is 29.8 Å². The van der Waals surface area contributed by atoms with E-state index < -0.39 is 0 Å². The van der Waals surface area contributed by atoms with Crippen molar-refractivity contribution in [1.82, 2.24) is 0 Å². The van der Waals surface area contributed by atoms with Gasteiger partial charge in [-0.3, -0.25) is 0 Å². The van der Waals surface area contributed by atoms with Crippen LogP contribution in [0.1, 0.15) is 18.9 Å². The van der Waals surface area contributed by atoms with Crippen LogP contribution >= 0.6 is 0 Å². The van der Waals surface area contributed by atoms with Crippen molar-refractivity contribution in [3.8, 4) is 18.2 Å². The van der Waals surface area contributed by atoms with Crippen LogP contribution < -0.4 is 4.90 Å². The van der Waals surface area contributed by atoms with Gasteiger partial charge in [-0.1, -0.05) is 12.1 Å². The second-order valence-electron chi connectivity index (χ2n) is 3.86. The summed E-state index contributed by atoms with van der Waals surface area (Å²) in [7, 11) is 0. The van der Waals surface area contributed by atoms with Crippen molar-refractivity contribution in [3.05, 3.63) is 35.4 Å². The lowest BCUT2D eigenvalue weighted by Crippen LogP contribution is -2.23. The van der Waals surface area contributed by atoms with Crippen LogP contribution in [-0.2, 0) is 0 Å². The predicted octanol–water partition coefficient (Wildman–Crippen LogP) is 2.86. The second-order valence-corrected chi connectivity index (χ2v) is 3.86. The fourth-order valence-electron chi connectivity index (χ4n) is 1.69. The van der Waals surface area contributed by atoms with Crippen LogP contribution in [0.2, 0.25) is 0 Å². The van der Waals surface area contributed by atoms with E-state index in [1.807, 2.05) is 43.3 Å².